The number of halogens is 3. The van der Waals surface area contributed by atoms with Crippen molar-refractivity contribution in [2.45, 2.75) is 18.9 Å². The van der Waals surface area contributed by atoms with Gasteiger partial charge in [-0.2, -0.15) is 0 Å². The third kappa shape index (κ3) is 1.99. The van der Waals surface area contributed by atoms with Crippen LogP contribution in [0.2, 0.25) is 0 Å². The molecule has 0 radical (unpaired) electrons. The van der Waals surface area contributed by atoms with Crippen molar-refractivity contribution in [1.29, 1.82) is 0 Å². The fraction of sp³-hybridized carbons (Fsp3) is 0.188. The number of benzene rings is 2. The molecule has 106 valence electrons. The second kappa shape index (κ2) is 4.63. The largest absolute Gasteiger partial charge is 0.320 e. The van der Waals surface area contributed by atoms with Crippen LogP contribution in [0.3, 0.4) is 0 Å². The average molecular weight is 349 g/mol. The van der Waals surface area contributed by atoms with Crippen LogP contribution in [0.25, 0.3) is 11.0 Å². The Morgan fingerprint density at radius 3 is 2.67 bits per heavy atom. The summed E-state index contributed by atoms with van der Waals surface area (Å²) in [6.07, 6.45) is 1.77. The number of nitrogens with zero attached hydrogens (tertiary/aromatic N) is 2. The second-order valence-electron chi connectivity index (χ2n) is 5.26. The first-order valence-electron chi connectivity index (χ1n) is 6.75. The molecule has 2 nitrogen and oxygen atoms in total. The number of imidazole rings is 1. The minimum absolute atomic E-state index is 0.128. The van der Waals surface area contributed by atoms with Gasteiger partial charge in [0.05, 0.1) is 21.5 Å². The number of aryl methyl sites for hydroxylation is 1. The molecule has 5 heteroatoms. The maximum Gasteiger partial charge on any atom is 0.139 e. The molecule has 0 bridgehead atoms. The number of fused-ring (bicyclic) bond motifs is 3. The van der Waals surface area contributed by atoms with E-state index in [1.807, 2.05) is 0 Å². The van der Waals surface area contributed by atoms with Crippen molar-refractivity contribution in [2.75, 3.05) is 0 Å². The van der Waals surface area contributed by atoms with E-state index < -0.39 is 0 Å². The zero-order valence-electron chi connectivity index (χ0n) is 11.0. The van der Waals surface area contributed by atoms with Crippen molar-refractivity contribution in [3.8, 4) is 0 Å². The van der Waals surface area contributed by atoms with E-state index in [4.69, 9.17) is 0 Å². The van der Waals surface area contributed by atoms with Gasteiger partial charge in [0.25, 0.3) is 0 Å². The third-order valence-electron chi connectivity index (χ3n) is 4.01. The van der Waals surface area contributed by atoms with Crippen LogP contribution in [-0.2, 0) is 6.42 Å². The third-order valence-corrected chi connectivity index (χ3v) is 4.62. The molecule has 21 heavy (non-hydrogen) atoms. The summed E-state index contributed by atoms with van der Waals surface area (Å²) >= 11 is 3.23. The molecule has 1 unspecified atom stereocenters. The normalized spacial score (nSPS) is 17.4. The molecule has 0 saturated carbocycles. The van der Waals surface area contributed by atoms with Gasteiger partial charge in [-0.1, -0.05) is 12.1 Å². The first-order valence-corrected chi connectivity index (χ1v) is 7.54. The summed E-state index contributed by atoms with van der Waals surface area (Å²) in [4.78, 5) is 4.52. The predicted octanol–water partition coefficient (Wildman–Crippen LogP) is 4.61. The van der Waals surface area contributed by atoms with Crippen molar-refractivity contribution in [3.63, 3.8) is 0 Å². The summed E-state index contributed by atoms with van der Waals surface area (Å²) in [5.41, 5.74) is 2.62. The monoisotopic (exact) mass is 348 g/mol. The minimum Gasteiger partial charge on any atom is -0.320 e. The zero-order valence-corrected chi connectivity index (χ0v) is 12.6. The van der Waals surface area contributed by atoms with Crippen LogP contribution in [-0.4, -0.2) is 9.55 Å². The van der Waals surface area contributed by atoms with Crippen LogP contribution in [0.15, 0.2) is 40.9 Å². The zero-order chi connectivity index (χ0) is 14.6. The van der Waals surface area contributed by atoms with Crippen LogP contribution >= 0.6 is 15.9 Å². The van der Waals surface area contributed by atoms with E-state index in [1.54, 1.807) is 18.2 Å². The van der Waals surface area contributed by atoms with Gasteiger partial charge >= 0.3 is 0 Å². The van der Waals surface area contributed by atoms with Gasteiger partial charge in [-0.3, -0.25) is 0 Å². The summed E-state index contributed by atoms with van der Waals surface area (Å²) in [5, 5.41) is 0. The van der Waals surface area contributed by atoms with Gasteiger partial charge in [-0.15, -0.1) is 0 Å². The topological polar surface area (TPSA) is 17.8 Å². The maximum absolute atomic E-state index is 13.6. The lowest BCUT2D eigenvalue weighted by Gasteiger charge is -2.15. The van der Waals surface area contributed by atoms with E-state index in [0.717, 1.165) is 29.7 Å². The first kappa shape index (κ1) is 13.0. The summed E-state index contributed by atoms with van der Waals surface area (Å²) < 4.78 is 29.3. The summed E-state index contributed by atoms with van der Waals surface area (Å²) in [7, 11) is 0. The van der Waals surface area contributed by atoms with E-state index in [9.17, 15) is 8.78 Å². The summed E-state index contributed by atoms with van der Waals surface area (Å²) in [6, 6.07) is 9.90. The molecular weight excluding hydrogens is 338 g/mol. The SMILES string of the molecule is Fc1ccc(C2CCc3nc4cc(F)c(Br)cc4n32)cc1. The Bertz CT molecular complexity index is 840. The van der Waals surface area contributed by atoms with Gasteiger partial charge in [0.15, 0.2) is 0 Å². The van der Waals surface area contributed by atoms with Gasteiger partial charge in [0.1, 0.15) is 17.5 Å². The molecule has 1 aliphatic rings. The lowest BCUT2D eigenvalue weighted by Crippen LogP contribution is -2.05. The van der Waals surface area contributed by atoms with Gasteiger partial charge in [0, 0.05) is 12.5 Å². The standard InChI is InChI=1S/C16H11BrF2N2/c17-11-7-15-13(8-12(11)19)20-16-6-5-14(21(15)16)9-1-3-10(18)4-2-9/h1-4,7-8,14H,5-6H2. The van der Waals surface area contributed by atoms with Crippen LogP contribution in [0.5, 0.6) is 0 Å². The molecule has 3 aromatic rings. The van der Waals surface area contributed by atoms with Crippen LogP contribution in [0.1, 0.15) is 23.9 Å². The Morgan fingerprint density at radius 2 is 1.90 bits per heavy atom. The molecule has 2 heterocycles. The predicted molar refractivity (Wildman–Crippen MR) is 80.3 cm³/mol. The molecule has 0 N–H and O–H groups in total. The molecule has 4 rings (SSSR count). The molecule has 1 aliphatic heterocycles. The van der Waals surface area contributed by atoms with Crippen LogP contribution in [0, 0.1) is 11.6 Å². The van der Waals surface area contributed by atoms with Gasteiger partial charge in [-0.25, -0.2) is 13.8 Å². The smallest absolute Gasteiger partial charge is 0.139 e. The number of aromatic nitrogens is 2. The van der Waals surface area contributed by atoms with Crippen LogP contribution < -0.4 is 0 Å². The Kier molecular flexibility index (Phi) is 2.85. The first-order chi connectivity index (χ1) is 10.1. The Morgan fingerprint density at radius 1 is 1.14 bits per heavy atom. The van der Waals surface area contributed by atoms with Gasteiger partial charge < -0.3 is 4.57 Å². The maximum atomic E-state index is 13.6. The van der Waals surface area contributed by atoms with Crippen molar-refractivity contribution >= 4 is 27.0 Å². The highest BCUT2D eigenvalue weighted by Gasteiger charge is 2.27. The van der Waals surface area contributed by atoms with E-state index in [2.05, 4.69) is 25.5 Å². The number of rotatable bonds is 1. The lowest BCUT2D eigenvalue weighted by atomic mass is 10.0. The molecule has 2 aromatic carbocycles. The van der Waals surface area contributed by atoms with Crippen molar-refractivity contribution in [1.82, 2.24) is 9.55 Å². The molecule has 0 fully saturated rings. The number of hydrogen-bond acceptors (Lipinski definition) is 1. The van der Waals surface area contributed by atoms with Crippen molar-refractivity contribution in [2.24, 2.45) is 0 Å². The molecule has 0 saturated heterocycles. The van der Waals surface area contributed by atoms with E-state index in [0.29, 0.717) is 9.99 Å². The number of hydrogen-bond donors (Lipinski definition) is 0. The molecule has 0 aliphatic carbocycles. The van der Waals surface area contributed by atoms with Crippen molar-refractivity contribution in [3.05, 3.63) is 63.9 Å². The summed E-state index contributed by atoms with van der Waals surface area (Å²) in [6.45, 7) is 0. The molecule has 0 spiro atoms. The molecular formula is C16H11BrF2N2. The molecule has 1 aromatic heterocycles. The summed E-state index contributed by atoms with van der Waals surface area (Å²) in [5.74, 6) is 0.409. The highest BCUT2D eigenvalue weighted by molar-refractivity contribution is 9.10. The average Bonchev–Trinajstić information content (AvgIpc) is 3.00. The van der Waals surface area contributed by atoms with E-state index in [-0.39, 0.29) is 17.7 Å². The van der Waals surface area contributed by atoms with E-state index >= 15 is 0 Å². The Labute approximate surface area is 128 Å². The van der Waals surface area contributed by atoms with Crippen LogP contribution in [0.4, 0.5) is 8.78 Å². The lowest BCUT2D eigenvalue weighted by molar-refractivity contribution is 0.612. The van der Waals surface area contributed by atoms with E-state index in [1.165, 1.54) is 18.2 Å². The Balaban J connectivity index is 1.90. The minimum atomic E-state index is -0.308. The second-order valence-corrected chi connectivity index (χ2v) is 6.11. The fourth-order valence-electron chi connectivity index (χ4n) is 3.06. The molecule has 0 amide bonds. The quantitative estimate of drug-likeness (QED) is 0.627. The highest BCUT2D eigenvalue weighted by Crippen LogP contribution is 2.36. The van der Waals surface area contributed by atoms with Gasteiger partial charge in [0.2, 0.25) is 0 Å². The molecule has 1 atom stereocenters. The Hall–Kier alpha value is -1.75. The fourth-order valence-corrected chi connectivity index (χ4v) is 3.39. The van der Waals surface area contributed by atoms with Gasteiger partial charge in [-0.05, 0) is 46.1 Å². The highest BCUT2D eigenvalue weighted by atomic mass is 79.9. The van der Waals surface area contributed by atoms with Crippen molar-refractivity contribution < 1.29 is 8.78 Å².